The van der Waals surface area contributed by atoms with Gasteiger partial charge >= 0.3 is 0 Å². The molecule has 0 radical (unpaired) electrons. The lowest BCUT2D eigenvalue weighted by Gasteiger charge is -2.00. The van der Waals surface area contributed by atoms with Gasteiger partial charge in [-0.2, -0.15) is 0 Å². The van der Waals surface area contributed by atoms with Crippen LogP contribution in [0.1, 0.15) is 51.9 Å². The van der Waals surface area contributed by atoms with Gasteiger partial charge in [0.15, 0.2) is 0 Å². The van der Waals surface area contributed by atoms with E-state index in [4.69, 9.17) is 0 Å². The molecule has 0 heterocycles. The molecule has 0 atom stereocenters. The van der Waals surface area contributed by atoms with Crippen LogP contribution < -0.4 is 0 Å². The third-order valence-corrected chi connectivity index (χ3v) is 3.64. The molecule has 1 aliphatic rings. The maximum atomic E-state index is 2.53. The SMILES string of the molecule is CCCCCC1=C(I)CCC1. The van der Waals surface area contributed by atoms with Crippen molar-refractivity contribution in [1.82, 2.24) is 0 Å². The molecule has 0 aromatic heterocycles. The van der Waals surface area contributed by atoms with Gasteiger partial charge in [-0.15, -0.1) is 0 Å². The van der Waals surface area contributed by atoms with E-state index in [-0.39, 0.29) is 0 Å². The Balaban J connectivity index is 2.20. The molecule has 0 nitrogen and oxygen atoms in total. The van der Waals surface area contributed by atoms with Gasteiger partial charge in [-0.05, 0) is 58.3 Å². The predicted molar refractivity (Wildman–Crippen MR) is 59.0 cm³/mol. The van der Waals surface area contributed by atoms with Gasteiger partial charge in [0.2, 0.25) is 0 Å². The van der Waals surface area contributed by atoms with Crippen LogP contribution in [0.15, 0.2) is 9.15 Å². The lowest BCUT2D eigenvalue weighted by atomic mass is 10.1. The predicted octanol–water partition coefficient (Wildman–Crippen LogP) is 4.44. The maximum absolute atomic E-state index is 2.53. The summed E-state index contributed by atoms with van der Waals surface area (Å²) in [6.07, 6.45) is 9.73. The number of halogens is 1. The standard InChI is InChI=1S/C10H17I/c1-2-3-4-6-9-7-5-8-10(9)11/h2-8H2,1H3. The molecule has 0 spiro atoms. The van der Waals surface area contributed by atoms with Crippen LogP contribution in [0.25, 0.3) is 0 Å². The van der Waals surface area contributed by atoms with Crippen molar-refractivity contribution in [3.63, 3.8) is 0 Å². The van der Waals surface area contributed by atoms with Gasteiger partial charge < -0.3 is 0 Å². The van der Waals surface area contributed by atoms with E-state index < -0.39 is 0 Å². The van der Waals surface area contributed by atoms with Crippen molar-refractivity contribution >= 4 is 22.6 Å². The second-order valence-electron chi connectivity index (χ2n) is 3.32. The van der Waals surface area contributed by atoms with Crippen molar-refractivity contribution in [2.75, 3.05) is 0 Å². The molecule has 1 rings (SSSR count). The first-order valence-electron chi connectivity index (χ1n) is 4.71. The van der Waals surface area contributed by atoms with Crippen molar-refractivity contribution in [1.29, 1.82) is 0 Å². The molecule has 0 aromatic rings. The summed E-state index contributed by atoms with van der Waals surface area (Å²) in [4.78, 5) is 0. The summed E-state index contributed by atoms with van der Waals surface area (Å²) in [5, 5.41) is 0. The van der Waals surface area contributed by atoms with Crippen LogP contribution >= 0.6 is 22.6 Å². The topological polar surface area (TPSA) is 0 Å². The molecule has 0 aromatic carbocycles. The third-order valence-electron chi connectivity index (χ3n) is 2.34. The molecule has 0 aliphatic heterocycles. The quantitative estimate of drug-likeness (QED) is 0.520. The van der Waals surface area contributed by atoms with Crippen LogP contribution in [-0.4, -0.2) is 0 Å². The normalized spacial score (nSPS) is 18.0. The van der Waals surface area contributed by atoms with Crippen molar-refractivity contribution in [2.45, 2.75) is 51.9 Å². The minimum Gasteiger partial charge on any atom is -0.0654 e. The summed E-state index contributed by atoms with van der Waals surface area (Å²) in [5.74, 6) is 0. The fraction of sp³-hybridized carbons (Fsp3) is 0.800. The van der Waals surface area contributed by atoms with E-state index in [0.29, 0.717) is 0 Å². The molecule has 1 aliphatic carbocycles. The molecule has 0 unspecified atom stereocenters. The highest BCUT2D eigenvalue weighted by molar-refractivity contribution is 14.1. The van der Waals surface area contributed by atoms with Gasteiger partial charge in [0, 0.05) is 0 Å². The minimum absolute atomic E-state index is 1.35. The van der Waals surface area contributed by atoms with E-state index in [0.717, 1.165) is 0 Å². The van der Waals surface area contributed by atoms with Crippen LogP contribution in [0.4, 0.5) is 0 Å². The zero-order valence-corrected chi connectivity index (χ0v) is 9.49. The van der Waals surface area contributed by atoms with Crippen molar-refractivity contribution in [3.8, 4) is 0 Å². The molecule has 0 saturated carbocycles. The lowest BCUT2D eigenvalue weighted by molar-refractivity contribution is 0.700. The number of allylic oxidation sites excluding steroid dienone is 2. The summed E-state index contributed by atoms with van der Waals surface area (Å²) < 4.78 is 1.67. The summed E-state index contributed by atoms with van der Waals surface area (Å²) in [6, 6.07) is 0. The van der Waals surface area contributed by atoms with Gasteiger partial charge in [0.05, 0.1) is 0 Å². The fourth-order valence-corrected chi connectivity index (χ4v) is 2.54. The highest BCUT2D eigenvalue weighted by Crippen LogP contribution is 2.33. The Labute approximate surface area is 83.6 Å². The fourth-order valence-electron chi connectivity index (χ4n) is 1.62. The van der Waals surface area contributed by atoms with E-state index >= 15 is 0 Å². The van der Waals surface area contributed by atoms with Crippen LogP contribution in [0.2, 0.25) is 0 Å². The highest BCUT2D eigenvalue weighted by atomic mass is 127. The maximum Gasteiger partial charge on any atom is -0.0102 e. The number of hydrogen-bond acceptors (Lipinski definition) is 0. The second kappa shape index (κ2) is 5.18. The Kier molecular flexibility index (Phi) is 4.50. The van der Waals surface area contributed by atoms with Crippen molar-refractivity contribution in [3.05, 3.63) is 9.15 Å². The Morgan fingerprint density at radius 2 is 2.09 bits per heavy atom. The first-order chi connectivity index (χ1) is 5.34. The first kappa shape index (κ1) is 9.56. The van der Waals surface area contributed by atoms with E-state index in [9.17, 15) is 0 Å². The smallest absolute Gasteiger partial charge is 0.0102 e. The molecular weight excluding hydrogens is 247 g/mol. The molecule has 0 N–H and O–H groups in total. The average molecular weight is 264 g/mol. The number of hydrogen-bond donors (Lipinski definition) is 0. The zero-order valence-electron chi connectivity index (χ0n) is 7.33. The molecule has 64 valence electrons. The summed E-state index contributed by atoms with van der Waals surface area (Å²) in [5.41, 5.74) is 1.76. The summed E-state index contributed by atoms with van der Waals surface area (Å²) in [7, 11) is 0. The highest BCUT2D eigenvalue weighted by Gasteiger charge is 2.10. The van der Waals surface area contributed by atoms with Gasteiger partial charge in [0.1, 0.15) is 0 Å². The second-order valence-corrected chi connectivity index (χ2v) is 4.62. The average Bonchev–Trinajstić information content (AvgIpc) is 2.37. The molecule has 0 saturated heterocycles. The van der Waals surface area contributed by atoms with Gasteiger partial charge in [-0.25, -0.2) is 0 Å². The van der Waals surface area contributed by atoms with E-state index in [1.54, 1.807) is 9.15 Å². The van der Waals surface area contributed by atoms with Crippen LogP contribution in [0.3, 0.4) is 0 Å². The number of unbranched alkanes of at least 4 members (excludes halogenated alkanes) is 2. The molecule has 1 heteroatoms. The molecular formula is C10H17I. The Morgan fingerprint density at radius 1 is 1.27 bits per heavy atom. The number of rotatable bonds is 4. The van der Waals surface area contributed by atoms with Gasteiger partial charge in [0.25, 0.3) is 0 Å². The monoisotopic (exact) mass is 264 g/mol. The third kappa shape index (κ3) is 3.14. The van der Waals surface area contributed by atoms with Gasteiger partial charge in [-0.1, -0.05) is 25.3 Å². The summed E-state index contributed by atoms with van der Waals surface area (Å²) >= 11 is 2.53. The molecule has 11 heavy (non-hydrogen) atoms. The zero-order chi connectivity index (χ0) is 8.10. The van der Waals surface area contributed by atoms with E-state index in [2.05, 4.69) is 29.5 Å². The van der Waals surface area contributed by atoms with E-state index in [1.807, 2.05) is 0 Å². The molecule has 0 bridgehead atoms. The van der Waals surface area contributed by atoms with Gasteiger partial charge in [-0.3, -0.25) is 0 Å². The van der Waals surface area contributed by atoms with E-state index in [1.165, 1.54) is 44.9 Å². The largest absolute Gasteiger partial charge is 0.0654 e. The first-order valence-corrected chi connectivity index (χ1v) is 5.79. The molecule has 0 fully saturated rings. The minimum atomic E-state index is 1.35. The molecule has 0 amide bonds. The Bertz CT molecular complexity index is 147. The Hall–Kier alpha value is 0.470. The lowest BCUT2D eigenvalue weighted by Crippen LogP contribution is -1.80. The Morgan fingerprint density at radius 3 is 2.64 bits per heavy atom. The van der Waals surface area contributed by atoms with Crippen LogP contribution in [-0.2, 0) is 0 Å². The van der Waals surface area contributed by atoms with Crippen molar-refractivity contribution < 1.29 is 0 Å². The van der Waals surface area contributed by atoms with Crippen LogP contribution in [0.5, 0.6) is 0 Å². The van der Waals surface area contributed by atoms with Crippen LogP contribution in [0, 0.1) is 0 Å². The van der Waals surface area contributed by atoms with Crippen molar-refractivity contribution in [2.24, 2.45) is 0 Å². The summed E-state index contributed by atoms with van der Waals surface area (Å²) in [6.45, 7) is 2.27.